The molecule has 11 heteroatoms. The summed E-state index contributed by atoms with van der Waals surface area (Å²) in [7, 11) is 0. The van der Waals surface area contributed by atoms with E-state index in [1.165, 1.54) is 4.90 Å². The lowest BCUT2D eigenvalue weighted by Gasteiger charge is -2.36. The second-order valence-electron chi connectivity index (χ2n) is 6.50. The summed E-state index contributed by atoms with van der Waals surface area (Å²) in [5, 5.41) is 15.7. The summed E-state index contributed by atoms with van der Waals surface area (Å²) in [6.45, 7) is 0.893. The third-order valence-corrected chi connectivity index (χ3v) is 4.48. The molecule has 0 aliphatic carbocycles. The zero-order valence-corrected chi connectivity index (χ0v) is 15.1. The minimum atomic E-state index is -5.06. The Hall–Kier alpha value is -3.21. The largest absolute Gasteiger partial charge is 0.491 e. The molecule has 3 heterocycles. The number of anilines is 1. The van der Waals surface area contributed by atoms with E-state index in [4.69, 9.17) is 0 Å². The highest BCUT2D eigenvalue weighted by Gasteiger charge is 2.43. The van der Waals surface area contributed by atoms with Gasteiger partial charge in [-0.3, -0.25) is 0 Å². The van der Waals surface area contributed by atoms with Crippen LogP contribution in [-0.4, -0.2) is 57.8 Å². The predicted octanol–water partition coefficient (Wildman–Crippen LogP) is 1.56. The minimum absolute atomic E-state index is 0.0561. The van der Waals surface area contributed by atoms with Gasteiger partial charge in [-0.25, -0.2) is 4.79 Å². The smallest absolute Gasteiger partial charge is 0.433 e. The minimum Gasteiger partial charge on any atom is -0.433 e. The van der Waals surface area contributed by atoms with E-state index in [0.717, 1.165) is 5.56 Å². The molecule has 1 saturated heterocycles. The molecule has 3 aromatic rings. The van der Waals surface area contributed by atoms with Crippen molar-refractivity contribution in [2.75, 3.05) is 24.5 Å². The van der Waals surface area contributed by atoms with Gasteiger partial charge in [0.25, 0.3) is 0 Å². The van der Waals surface area contributed by atoms with Crippen molar-refractivity contribution in [3.63, 3.8) is 0 Å². The number of fused-ring (bicyclic) bond motifs is 1. The van der Waals surface area contributed by atoms with Crippen LogP contribution in [0.15, 0.2) is 42.5 Å². The lowest BCUT2D eigenvalue weighted by Crippen LogP contribution is -2.54. The molecule has 152 valence electrons. The van der Waals surface area contributed by atoms with Crippen molar-refractivity contribution in [3.8, 4) is 0 Å². The van der Waals surface area contributed by atoms with E-state index in [1.807, 2.05) is 30.3 Å². The maximum Gasteiger partial charge on any atom is 0.491 e. The molecule has 1 fully saturated rings. The molecule has 0 bridgehead atoms. The first-order valence-electron chi connectivity index (χ1n) is 8.92. The third-order valence-electron chi connectivity index (χ3n) is 4.48. The molecule has 29 heavy (non-hydrogen) atoms. The van der Waals surface area contributed by atoms with Gasteiger partial charge < -0.3 is 15.0 Å². The van der Waals surface area contributed by atoms with Crippen LogP contribution in [-0.2, 0) is 16.0 Å². The Kier molecular flexibility index (Phi) is 5.05. The second-order valence-corrected chi connectivity index (χ2v) is 6.50. The summed E-state index contributed by atoms with van der Waals surface area (Å²) in [5.41, 5.74) is 1.53. The summed E-state index contributed by atoms with van der Waals surface area (Å²) >= 11 is 0. The summed E-state index contributed by atoms with van der Waals surface area (Å²) < 4.78 is 44.0. The van der Waals surface area contributed by atoms with Crippen molar-refractivity contribution < 1.29 is 22.7 Å². The highest BCUT2D eigenvalue weighted by atomic mass is 19.4. The number of nitrogens with zero attached hydrogens (tertiary/aromatic N) is 5. The molecule has 1 N–H and O–H groups in total. The van der Waals surface area contributed by atoms with Gasteiger partial charge in [0.1, 0.15) is 0 Å². The maximum absolute atomic E-state index is 12.6. The average molecular weight is 406 g/mol. The molecule has 0 radical (unpaired) electrons. The quantitative estimate of drug-likeness (QED) is 0.658. The first-order valence-corrected chi connectivity index (χ1v) is 8.92. The van der Waals surface area contributed by atoms with Crippen molar-refractivity contribution in [3.05, 3.63) is 53.9 Å². The lowest BCUT2D eigenvalue weighted by atomic mass is 10.1. The van der Waals surface area contributed by atoms with E-state index in [1.54, 1.807) is 16.6 Å². The number of hydrogen-bond donors (Lipinski definition) is 1. The topological polar surface area (TPSA) is 84.6 Å². The summed E-state index contributed by atoms with van der Waals surface area (Å²) in [6, 6.07) is 12.9. The molecule has 4 rings (SSSR count). The van der Waals surface area contributed by atoms with E-state index in [-0.39, 0.29) is 6.54 Å². The second kappa shape index (κ2) is 7.66. The van der Waals surface area contributed by atoms with E-state index >= 15 is 0 Å². The van der Waals surface area contributed by atoms with E-state index < -0.39 is 18.4 Å². The third kappa shape index (κ3) is 4.14. The van der Waals surface area contributed by atoms with Gasteiger partial charge in [-0.1, -0.05) is 30.3 Å². The number of nitrogens with one attached hydrogen (secondary N) is 1. The van der Waals surface area contributed by atoms with Crippen LogP contribution in [0.5, 0.6) is 0 Å². The number of aromatic nitrogens is 4. The Morgan fingerprint density at radius 3 is 2.72 bits per heavy atom. The number of rotatable bonds is 4. The number of alkyl halides is 3. The first kappa shape index (κ1) is 19.1. The predicted molar refractivity (Wildman–Crippen MR) is 96.2 cm³/mol. The van der Waals surface area contributed by atoms with Crippen molar-refractivity contribution in [2.45, 2.75) is 18.8 Å². The molecule has 0 spiro atoms. The van der Waals surface area contributed by atoms with Gasteiger partial charge >= 0.3 is 12.1 Å². The summed E-state index contributed by atoms with van der Waals surface area (Å²) in [5.74, 6) is -1.27. The molecule has 1 unspecified atom stereocenters. The standard InChI is InChI=1S/C18H17F3N6O2/c19-18(20,21)17(28)29-16-11-22-8-9-26(16)14-7-6-13-23-24-15(27(13)25-14)10-12-4-2-1-3-5-12/h1-7,16,22H,8-11H2. The number of halogens is 3. The molecule has 0 saturated carbocycles. The van der Waals surface area contributed by atoms with Gasteiger partial charge in [0, 0.05) is 19.5 Å². The monoisotopic (exact) mass is 406 g/mol. The van der Waals surface area contributed by atoms with Crippen LogP contribution in [0.4, 0.5) is 19.0 Å². The van der Waals surface area contributed by atoms with E-state index in [9.17, 15) is 18.0 Å². The van der Waals surface area contributed by atoms with E-state index in [0.29, 0.717) is 36.8 Å². The Morgan fingerprint density at radius 1 is 1.17 bits per heavy atom. The van der Waals surface area contributed by atoms with Crippen LogP contribution in [0.3, 0.4) is 0 Å². The molecule has 8 nitrogen and oxygen atoms in total. The fraction of sp³-hybridized carbons (Fsp3) is 0.333. The highest BCUT2D eigenvalue weighted by molar-refractivity contribution is 5.76. The SMILES string of the molecule is O=C(OC1CNCCN1c1ccc2nnc(Cc3ccccc3)n2n1)C(F)(F)F. The molecule has 0 amide bonds. The van der Waals surface area contributed by atoms with Gasteiger partial charge in [0.2, 0.25) is 0 Å². The molecule has 1 aromatic carbocycles. The van der Waals surface area contributed by atoms with Crippen molar-refractivity contribution in [1.82, 2.24) is 25.1 Å². The van der Waals surface area contributed by atoms with Crippen LogP contribution < -0.4 is 10.2 Å². The maximum atomic E-state index is 12.6. The Morgan fingerprint density at radius 2 is 1.97 bits per heavy atom. The Balaban J connectivity index is 1.62. The summed E-state index contributed by atoms with van der Waals surface area (Å²) in [4.78, 5) is 12.8. The molecular weight excluding hydrogens is 389 g/mol. The van der Waals surface area contributed by atoms with E-state index in [2.05, 4.69) is 25.3 Å². The molecule has 1 aliphatic heterocycles. The van der Waals surface area contributed by atoms with Crippen LogP contribution >= 0.6 is 0 Å². The normalized spacial score (nSPS) is 17.5. The first-order chi connectivity index (χ1) is 13.9. The molecular formula is C18H17F3N6O2. The average Bonchev–Trinajstić information content (AvgIpc) is 3.10. The fourth-order valence-corrected chi connectivity index (χ4v) is 3.10. The van der Waals surface area contributed by atoms with Crippen molar-refractivity contribution >= 4 is 17.4 Å². The zero-order chi connectivity index (χ0) is 20.4. The van der Waals surface area contributed by atoms with Crippen LogP contribution in [0.25, 0.3) is 5.65 Å². The lowest BCUT2D eigenvalue weighted by molar-refractivity contribution is -0.205. The fourth-order valence-electron chi connectivity index (χ4n) is 3.10. The number of esters is 1. The van der Waals surface area contributed by atoms with Crippen LogP contribution in [0, 0.1) is 0 Å². The molecule has 2 aromatic heterocycles. The van der Waals surface area contributed by atoms with Gasteiger partial charge in [-0.15, -0.1) is 15.3 Å². The number of carbonyl (C=O) groups excluding carboxylic acids is 1. The van der Waals surface area contributed by atoms with Gasteiger partial charge in [0.15, 0.2) is 23.5 Å². The van der Waals surface area contributed by atoms with Crippen molar-refractivity contribution in [2.24, 2.45) is 0 Å². The number of hydrogen-bond acceptors (Lipinski definition) is 7. The van der Waals surface area contributed by atoms with Crippen LogP contribution in [0.2, 0.25) is 0 Å². The summed E-state index contributed by atoms with van der Waals surface area (Å²) in [6.07, 6.45) is -5.69. The Bertz CT molecular complexity index is 1010. The highest BCUT2D eigenvalue weighted by Crippen LogP contribution is 2.22. The number of ether oxygens (including phenoxy) is 1. The molecule has 1 aliphatic rings. The number of piperazine rings is 1. The zero-order valence-electron chi connectivity index (χ0n) is 15.1. The van der Waals surface area contributed by atoms with Gasteiger partial charge in [-0.2, -0.15) is 17.7 Å². The number of carbonyl (C=O) groups is 1. The molecule has 1 atom stereocenters. The Labute approximate surface area is 163 Å². The van der Waals surface area contributed by atoms with Crippen LogP contribution in [0.1, 0.15) is 11.4 Å². The van der Waals surface area contributed by atoms with Gasteiger partial charge in [-0.05, 0) is 17.7 Å². The van der Waals surface area contributed by atoms with Gasteiger partial charge in [0.05, 0.1) is 6.54 Å². The number of benzene rings is 1. The van der Waals surface area contributed by atoms with Crippen molar-refractivity contribution in [1.29, 1.82) is 0 Å².